The summed E-state index contributed by atoms with van der Waals surface area (Å²) < 4.78 is 4.67. The molecule has 1 unspecified atom stereocenters. The van der Waals surface area contributed by atoms with Gasteiger partial charge in [0.1, 0.15) is 12.0 Å². The number of hydrogen-bond donors (Lipinski definition) is 0. The molecule has 0 amide bonds. The van der Waals surface area contributed by atoms with Crippen LogP contribution >= 0.6 is 34.5 Å². The van der Waals surface area contributed by atoms with Crippen molar-refractivity contribution in [3.63, 3.8) is 0 Å². The van der Waals surface area contributed by atoms with E-state index in [1.54, 1.807) is 11.6 Å². The van der Waals surface area contributed by atoms with Gasteiger partial charge in [-0.15, -0.1) is 22.9 Å². The summed E-state index contributed by atoms with van der Waals surface area (Å²) in [6.07, 6.45) is 0. The van der Waals surface area contributed by atoms with Crippen molar-refractivity contribution in [3.8, 4) is 11.3 Å². The van der Waals surface area contributed by atoms with Gasteiger partial charge < -0.3 is 4.74 Å². The molecular weight excluding hydrogens is 293 g/mol. The van der Waals surface area contributed by atoms with Crippen LogP contribution in [-0.2, 0) is 9.53 Å². The van der Waals surface area contributed by atoms with Gasteiger partial charge in [-0.25, -0.2) is 4.98 Å². The summed E-state index contributed by atoms with van der Waals surface area (Å²) in [5.41, 5.74) is 3.38. The van der Waals surface area contributed by atoms with Gasteiger partial charge in [-0.05, 0) is 12.1 Å². The number of ether oxygens (including phenoxy) is 1. The van der Waals surface area contributed by atoms with Crippen LogP contribution < -0.4 is 0 Å². The number of aromatic nitrogens is 1. The second-order valence-electron chi connectivity index (χ2n) is 3.47. The first-order chi connectivity index (χ1) is 8.72. The summed E-state index contributed by atoms with van der Waals surface area (Å²) >= 11 is 13.6. The lowest BCUT2D eigenvalue weighted by atomic mass is 10.1. The minimum Gasteiger partial charge on any atom is -0.466 e. The van der Waals surface area contributed by atoms with Crippen LogP contribution in [0.15, 0.2) is 29.8 Å². The van der Waals surface area contributed by atoms with E-state index in [2.05, 4.69) is 9.72 Å². The van der Waals surface area contributed by atoms with Crippen molar-refractivity contribution in [2.75, 3.05) is 6.61 Å². The third kappa shape index (κ3) is 3.02. The summed E-state index contributed by atoms with van der Waals surface area (Å²) in [6, 6.07) is 7.38. The Balaban J connectivity index is 2.29. The maximum atomic E-state index is 10.2. The smallest absolute Gasteiger partial charge is 0.293 e. The number of carbonyl (C=O) groups is 1. The molecule has 1 heterocycles. The number of thiazole rings is 1. The standard InChI is InChI=1S/C12H9Cl2NO2S/c13-9-3-1-2-8(4-9)11-12(18-6-15-11)10(14)5-17-7-16/h1-4,6-7,10H,5H2. The average molecular weight is 302 g/mol. The van der Waals surface area contributed by atoms with Gasteiger partial charge in [0.2, 0.25) is 0 Å². The van der Waals surface area contributed by atoms with E-state index in [1.807, 2.05) is 18.2 Å². The molecule has 1 atom stereocenters. The number of benzene rings is 1. The van der Waals surface area contributed by atoms with Gasteiger partial charge in [-0.1, -0.05) is 23.7 Å². The van der Waals surface area contributed by atoms with Crippen molar-refractivity contribution in [3.05, 3.63) is 39.7 Å². The van der Waals surface area contributed by atoms with Crippen molar-refractivity contribution in [2.24, 2.45) is 0 Å². The molecule has 3 nitrogen and oxygen atoms in total. The van der Waals surface area contributed by atoms with Crippen LogP contribution in [-0.4, -0.2) is 18.1 Å². The lowest BCUT2D eigenvalue weighted by Crippen LogP contribution is -2.00. The maximum absolute atomic E-state index is 10.2. The zero-order valence-corrected chi connectivity index (χ0v) is 11.5. The first-order valence-electron chi connectivity index (χ1n) is 5.11. The van der Waals surface area contributed by atoms with E-state index in [-0.39, 0.29) is 6.61 Å². The Labute approximate surface area is 118 Å². The average Bonchev–Trinajstić information content (AvgIpc) is 2.85. The first-order valence-corrected chi connectivity index (χ1v) is 6.80. The molecule has 0 radical (unpaired) electrons. The van der Waals surface area contributed by atoms with Gasteiger partial charge in [0.05, 0.1) is 16.1 Å². The molecule has 0 aliphatic carbocycles. The Morgan fingerprint density at radius 3 is 3.06 bits per heavy atom. The van der Waals surface area contributed by atoms with Crippen LogP contribution in [0.4, 0.5) is 0 Å². The zero-order chi connectivity index (χ0) is 13.0. The highest BCUT2D eigenvalue weighted by atomic mass is 35.5. The van der Waals surface area contributed by atoms with E-state index >= 15 is 0 Å². The van der Waals surface area contributed by atoms with Crippen LogP contribution in [0.25, 0.3) is 11.3 Å². The van der Waals surface area contributed by atoms with Gasteiger partial charge in [0.25, 0.3) is 6.47 Å². The van der Waals surface area contributed by atoms with E-state index in [0.29, 0.717) is 11.5 Å². The van der Waals surface area contributed by atoms with Crippen molar-refractivity contribution in [2.45, 2.75) is 5.38 Å². The molecule has 0 aliphatic rings. The highest BCUT2D eigenvalue weighted by Gasteiger charge is 2.17. The molecule has 1 aromatic heterocycles. The molecule has 0 fully saturated rings. The summed E-state index contributed by atoms with van der Waals surface area (Å²) in [5, 5.41) is 0.235. The summed E-state index contributed by atoms with van der Waals surface area (Å²) in [5.74, 6) is 0. The SMILES string of the molecule is O=COCC(Cl)c1scnc1-c1cccc(Cl)c1. The molecule has 0 saturated carbocycles. The molecule has 0 bridgehead atoms. The molecule has 0 aliphatic heterocycles. The highest BCUT2D eigenvalue weighted by molar-refractivity contribution is 7.10. The highest BCUT2D eigenvalue weighted by Crippen LogP contribution is 2.34. The monoisotopic (exact) mass is 301 g/mol. The van der Waals surface area contributed by atoms with Gasteiger partial charge >= 0.3 is 0 Å². The maximum Gasteiger partial charge on any atom is 0.293 e. The first kappa shape index (κ1) is 13.3. The van der Waals surface area contributed by atoms with Gasteiger partial charge in [0, 0.05) is 10.6 Å². The lowest BCUT2D eigenvalue weighted by Gasteiger charge is -2.08. The molecule has 6 heteroatoms. The number of carbonyl (C=O) groups excluding carboxylic acids is 1. The Morgan fingerprint density at radius 2 is 2.33 bits per heavy atom. The van der Waals surface area contributed by atoms with Crippen LogP contribution in [0.3, 0.4) is 0 Å². The largest absolute Gasteiger partial charge is 0.466 e. The zero-order valence-electron chi connectivity index (χ0n) is 9.18. The fourth-order valence-corrected chi connectivity index (χ4v) is 2.82. The molecule has 18 heavy (non-hydrogen) atoms. The summed E-state index contributed by atoms with van der Waals surface area (Å²) in [4.78, 5) is 15.3. The molecular formula is C12H9Cl2NO2S. The predicted molar refractivity (Wildman–Crippen MR) is 73.2 cm³/mol. The fourth-order valence-electron chi connectivity index (χ4n) is 1.53. The van der Waals surface area contributed by atoms with Crippen LogP contribution in [0, 0.1) is 0 Å². The second kappa shape index (κ2) is 6.18. The van der Waals surface area contributed by atoms with Crippen molar-refractivity contribution < 1.29 is 9.53 Å². The van der Waals surface area contributed by atoms with Crippen LogP contribution in [0.1, 0.15) is 10.3 Å². The number of hydrogen-bond acceptors (Lipinski definition) is 4. The lowest BCUT2D eigenvalue weighted by molar-refractivity contribution is -0.128. The Kier molecular flexibility index (Phi) is 4.58. The van der Waals surface area contributed by atoms with Crippen molar-refractivity contribution >= 4 is 41.0 Å². The van der Waals surface area contributed by atoms with Crippen molar-refractivity contribution in [1.29, 1.82) is 0 Å². The van der Waals surface area contributed by atoms with Crippen molar-refractivity contribution in [1.82, 2.24) is 4.98 Å². The number of alkyl halides is 1. The molecule has 0 saturated heterocycles. The van der Waals surface area contributed by atoms with Crippen LogP contribution in [0.2, 0.25) is 5.02 Å². The molecule has 94 valence electrons. The van der Waals surface area contributed by atoms with Gasteiger partial charge in [-0.3, -0.25) is 4.79 Å². The quantitative estimate of drug-likeness (QED) is 0.621. The number of rotatable bonds is 5. The number of nitrogens with zero attached hydrogens (tertiary/aromatic N) is 1. The Hall–Kier alpha value is -1.10. The third-order valence-corrected chi connectivity index (χ3v) is 3.94. The van der Waals surface area contributed by atoms with Gasteiger partial charge in [0.15, 0.2) is 0 Å². The Morgan fingerprint density at radius 1 is 1.50 bits per heavy atom. The molecule has 2 rings (SSSR count). The van der Waals surface area contributed by atoms with Crippen LogP contribution in [0.5, 0.6) is 0 Å². The molecule has 0 N–H and O–H groups in total. The normalized spacial score (nSPS) is 12.1. The van der Waals surface area contributed by atoms with Gasteiger partial charge in [-0.2, -0.15) is 0 Å². The second-order valence-corrected chi connectivity index (χ2v) is 5.32. The third-order valence-electron chi connectivity index (χ3n) is 2.29. The molecule has 2 aromatic rings. The fraction of sp³-hybridized carbons (Fsp3) is 0.167. The van der Waals surface area contributed by atoms with E-state index in [9.17, 15) is 4.79 Å². The molecule has 0 spiro atoms. The summed E-state index contributed by atoms with van der Waals surface area (Å²) in [6.45, 7) is 0.510. The van der Waals surface area contributed by atoms with E-state index in [1.165, 1.54) is 11.3 Å². The van der Waals surface area contributed by atoms with E-state index in [0.717, 1.165) is 16.1 Å². The van der Waals surface area contributed by atoms with E-state index < -0.39 is 5.38 Å². The summed E-state index contributed by atoms with van der Waals surface area (Å²) in [7, 11) is 0. The Bertz CT molecular complexity index is 544. The predicted octanol–water partition coefficient (Wildman–Crippen LogP) is 3.92. The molecule has 1 aromatic carbocycles. The minimum atomic E-state index is -0.406. The minimum absolute atomic E-state index is 0.126. The van der Waals surface area contributed by atoms with E-state index in [4.69, 9.17) is 23.2 Å². The topological polar surface area (TPSA) is 39.2 Å². The number of halogens is 2.